The molecule has 4 aromatic carbocycles. The number of nitrogens with one attached hydrogen (secondary N) is 1. The van der Waals surface area contributed by atoms with Gasteiger partial charge in [0, 0.05) is 15.6 Å². The van der Waals surface area contributed by atoms with Gasteiger partial charge in [-0.05, 0) is 70.0 Å². The number of methoxy groups -OCH3 is 2. The van der Waals surface area contributed by atoms with E-state index in [0.29, 0.717) is 26.6 Å². The molecule has 0 saturated carbocycles. The number of hydrogen-bond acceptors (Lipinski definition) is 7. The molecule has 4 rings (SSSR count). The summed E-state index contributed by atoms with van der Waals surface area (Å²) in [5.41, 5.74) is 3.86. The first-order valence-corrected chi connectivity index (χ1v) is 15.6. The van der Waals surface area contributed by atoms with Crippen LogP contribution in [0, 0.1) is 0 Å². The highest BCUT2D eigenvalue weighted by molar-refractivity contribution is 9.10. The molecule has 0 saturated heterocycles. The minimum atomic E-state index is -4.19. The highest BCUT2D eigenvalue weighted by Crippen LogP contribution is 2.37. The smallest absolute Gasteiger partial charge is 0.264 e. The lowest BCUT2D eigenvalue weighted by Gasteiger charge is -2.25. The molecule has 43 heavy (non-hydrogen) atoms. The summed E-state index contributed by atoms with van der Waals surface area (Å²) in [6.07, 6.45) is 1.39. The van der Waals surface area contributed by atoms with Crippen LogP contribution in [0.25, 0.3) is 0 Å². The zero-order valence-corrected chi connectivity index (χ0v) is 26.9. The topological polar surface area (TPSA) is 107 Å². The Morgan fingerprint density at radius 3 is 2.35 bits per heavy atom. The molecule has 4 aromatic rings. The molecule has 0 atom stereocenters. The lowest BCUT2D eigenvalue weighted by atomic mass is 10.2. The number of hydrazone groups is 1. The van der Waals surface area contributed by atoms with Crippen LogP contribution in [0.15, 0.2) is 99.4 Å². The van der Waals surface area contributed by atoms with Gasteiger partial charge in [-0.1, -0.05) is 59.6 Å². The lowest BCUT2D eigenvalue weighted by Crippen LogP contribution is -2.39. The SMILES string of the molecule is COc1ccc(Cl)cc1N(CC(=O)N/N=C/c1cc(Br)c(OCc2ccccc2Cl)c(OC)c1)S(=O)(=O)c1ccccc1. The maximum Gasteiger partial charge on any atom is 0.264 e. The van der Waals surface area contributed by atoms with E-state index in [4.69, 9.17) is 37.4 Å². The fourth-order valence-electron chi connectivity index (χ4n) is 3.94. The van der Waals surface area contributed by atoms with Gasteiger partial charge in [0.2, 0.25) is 0 Å². The molecule has 0 fully saturated rings. The van der Waals surface area contributed by atoms with Crippen LogP contribution in [0.3, 0.4) is 0 Å². The number of carbonyl (C=O) groups is 1. The van der Waals surface area contributed by atoms with Crippen molar-refractivity contribution in [3.05, 3.63) is 111 Å². The standard InChI is InChI=1S/C30H26BrCl2N3O6S/c1-40-27-13-12-22(32)16-26(27)36(43(38,39)23-9-4-3-5-10-23)18-29(37)35-34-17-20-14-24(31)30(28(15-20)41-2)42-19-21-8-6-7-11-25(21)33/h3-17H,18-19H2,1-2H3,(H,35,37)/b34-17+. The minimum Gasteiger partial charge on any atom is -0.495 e. The summed E-state index contributed by atoms with van der Waals surface area (Å²) in [6.45, 7) is -0.384. The summed E-state index contributed by atoms with van der Waals surface area (Å²) in [4.78, 5) is 13.0. The molecule has 1 N–H and O–H groups in total. The second kappa shape index (κ2) is 14.6. The zero-order valence-electron chi connectivity index (χ0n) is 23.0. The first-order valence-electron chi connectivity index (χ1n) is 12.6. The maximum absolute atomic E-state index is 13.6. The number of ether oxygens (including phenoxy) is 3. The molecule has 9 nitrogen and oxygen atoms in total. The van der Waals surface area contributed by atoms with E-state index in [9.17, 15) is 13.2 Å². The molecular weight excluding hydrogens is 681 g/mol. The molecule has 0 bridgehead atoms. The quantitative estimate of drug-likeness (QED) is 0.130. The molecule has 224 valence electrons. The van der Waals surface area contributed by atoms with Gasteiger partial charge in [0.25, 0.3) is 15.9 Å². The van der Waals surface area contributed by atoms with Crippen molar-refractivity contribution in [2.45, 2.75) is 11.5 Å². The zero-order chi connectivity index (χ0) is 31.0. The predicted molar refractivity (Wildman–Crippen MR) is 171 cm³/mol. The van der Waals surface area contributed by atoms with Crippen LogP contribution >= 0.6 is 39.1 Å². The van der Waals surface area contributed by atoms with Gasteiger partial charge in [0.05, 0.1) is 35.5 Å². The molecule has 1 amide bonds. The molecule has 0 heterocycles. The van der Waals surface area contributed by atoms with Crippen molar-refractivity contribution < 1.29 is 27.4 Å². The number of benzene rings is 4. The maximum atomic E-state index is 13.6. The normalized spacial score (nSPS) is 11.3. The van der Waals surface area contributed by atoms with Crippen molar-refractivity contribution in [3.63, 3.8) is 0 Å². The van der Waals surface area contributed by atoms with Gasteiger partial charge in [0.15, 0.2) is 11.5 Å². The molecule has 0 aliphatic heterocycles. The Morgan fingerprint density at radius 1 is 0.953 bits per heavy atom. The molecule has 0 spiro atoms. The molecule has 0 aliphatic carbocycles. The van der Waals surface area contributed by atoms with Crippen LogP contribution in [0.2, 0.25) is 10.0 Å². The van der Waals surface area contributed by atoms with Crippen LogP contribution in [-0.2, 0) is 21.4 Å². The van der Waals surface area contributed by atoms with Crippen LogP contribution < -0.4 is 23.9 Å². The highest BCUT2D eigenvalue weighted by Gasteiger charge is 2.29. The first-order chi connectivity index (χ1) is 20.6. The molecule has 0 radical (unpaired) electrons. The van der Waals surface area contributed by atoms with Gasteiger partial charge < -0.3 is 14.2 Å². The fraction of sp³-hybridized carbons (Fsp3) is 0.133. The van der Waals surface area contributed by atoms with E-state index in [1.54, 1.807) is 42.5 Å². The van der Waals surface area contributed by atoms with Crippen molar-refractivity contribution >= 4 is 67.0 Å². The number of rotatable bonds is 12. The Balaban J connectivity index is 1.53. The summed E-state index contributed by atoms with van der Waals surface area (Å²) in [7, 11) is -1.29. The van der Waals surface area contributed by atoms with Gasteiger partial charge in [-0.25, -0.2) is 13.8 Å². The highest BCUT2D eigenvalue weighted by atomic mass is 79.9. The van der Waals surface area contributed by atoms with E-state index >= 15 is 0 Å². The number of halogens is 3. The van der Waals surface area contributed by atoms with Crippen molar-refractivity contribution in [1.82, 2.24) is 5.43 Å². The largest absolute Gasteiger partial charge is 0.495 e. The lowest BCUT2D eigenvalue weighted by molar-refractivity contribution is -0.119. The van der Waals surface area contributed by atoms with Crippen molar-refractivity contribution in [1.29, 1.82) is 0 Å². The number of hydrogen-bond donors (Lipinski definition) is 1. The summed E-state index contributed by atoms with van der Waals surface area (Å²) in [6, 6.07) is 23.0. The van der Waals surface area contributed by atoms with Gasteiger partial charge in [-0.2, -0.15) is 5.10 Å². The van der Waals surface area contributed by atoms with Crippen LogP contribution in [-0.4, -0.2) is 41.3 Å². The number of amides is 1. The van der Waals surface area contributed by atoms with Crippen LogP contribution in [0.5, 0.6) is 17.2 Å². The summed E-state index contributed by atoms with van der Waals surface area (Å²) in [5.74, 6) is 0.390. The van der Waals surface area contributed by atoms with Crippen LogP contribution in [0.4, 0.5) is 5.69 Å². The van der Waals surface area contributed by atoms with Crippen molar-refractivity contribution in [2.24, 2.45) is 5.10 Å². The second-order valence-electron chi connectivity index (χ2n) is 8.85. The average molecular weight is 707 g/mol. The van der Waals surface area contributed by atoms with E-state index in [2.05, 4.69) is 26.5 Å². The molecule has 0 aromatic heterocycles. The Kier molecular flexibility index (Phi) is 10.9. The summed E-state index contributed by atoms with van der Waals surface area (Å²) in [5, 5.41) is 4.87. The molecule has 13 heteroatoms. The predicted octanol–water partition coefficient (Wildman–Crippen LogP) is 6.70. The number of nitrogens with zero attached hydrogens (tertiary/aromatic N) is 2. The monoisotopic (exact) mass is 705 g/mol. The van der Waals surface area contributed by atoms with Crippen LogP contribution in [0.1, 0.15) is 11.1 Å². The van der Waals surface area contributed by atoms with Gasteiger partial charge >= 0.3 is 0 Å². The Labute approximate surface area is 268 Å². The third-order valence-corrected chi connectivity index (χ3v) is 8.98. The number of anilines is 1. The van der Waals surface area contributed by atoms with Gasteiger partial charge in [0.1, 0.15) is 18.9 Å². The minimum absolute atomic E-state index is 0.0119. The average Bonchev–Trinajstić information content (AvgIpc) is 3.00. The first kappa shape index (κ1) is 32.2. The van der Waals surface area contributed by atoms with E-state index in [-0.39, 0.29) is 28.0 Å². The molecule has 0 unspecified atom stereocenters. The van der Waals surface area contributed by atoms with E-state index < -0.39 is 22.5 Å². The van der Waals surface area contributed by atoms with Gasteiger partial charge in [-0.15, -0.1) is 0 Å². The summed E-state index contributed by atoms with van der Waals surface area (Å²) < 4.78 is 45.5. The third kappa shape index (κ3) is 7.99. The second-order valence-corrected chi connectivity index (χ2v) is 12.4. The third-order valence-electron chi connectivity index (χ3n) is 6.01. The van der Waals surface area contributed by atoms with E-state index in [1.165, 1.54) is 44.7 Å². The summed E-state index contributed by atoms with van der Waals surface area (Å²) >= 11 is 15.9. The van der Waals surface area contributed by atoms with Crippen molar-refractivity contribution in [2.75, 3.05) is 25.1 Å². The Bertz CT molecular complexity index is 1740. The molecule has 0 aliphatic rings. The molecular formula is C30H26BrCl2N3O6S. The van der Waals surface area contributed by atoms with Gasteiger partial charge in [-0.3, -0.25) is 9.10 Å². The van der Waals surface area contributed by atoms with Crippen molar-refractivity contribution in [3.8, 4) is 17.2 Å². The van der Waals surface area contributed by atoms with E-state index in [1.807, 2.05) is 18.2 Å². The number of carbonyl (C=O) groups excluding carboxylic acids is 1. The fourth-order valence-corrected chi connectivity index (χ4v) is 6.32. The Morgan fingerprint density at radius 2 is 1.65 bits per heavy atom. The Hall–Kier alpha value is -3.77. The van der Waals surface area contributed by atoms with E-state index in [0.717, 1.165) is 9.87 Å². The number of sulfonamides is 1.